The summed E-state index contributed by atoms with van der Waals surface area (Å²) in [5, 5.41) is 0. The van der Waals surface area contributed by atoms with Gasteiger partial charge in [-0.05, 0) is 31.6 Å². The molecule has 0 aliphatic rings. The molecule has 0 aromatic rings. The van der Waals surface area contributed by atoms with Crippen LogP contribution in [0.4, 0.5) is 0 Å². The first-order valence-corrected chi connectivity index (χ1v) is 14.9. The van der Waals surface area contributed by atoms with Crippen molar-refractivity contribution in [2.24, 2.45) is 5.92 Å². The molecule has 8 heteroatoms. The Morgan fingerprint density at radius 3 is 1.74 bits per heavy atom. The molecule has 2 atom stereocenters. The molecule has 0 fully saturated rings. The van der Waals surface area contributed by atoms with Crippen LogP contribution < -0.4 is 29.6 Å². The monoisotopic (exact) mass is 514 g/mol. The Morgan fingerprint density at radius 1 is 0.735 bits per heavy atom. The standard InChI is InChI=1S/C26H52O6S.Na/c1-4-7-9-10-13-16-20-25(32-33(28,29)30)21-17-14-11-12-15-18-22-26(27)31-23-24(6-3)19-8-5-2;/h24-25H,4-23H2,1-3H3,(H,28,29,30);/q;+1/p-1. The summed E-state index contributed by atoms with van der Waals surface area (Å²) >= 11 is 0. The van der Waals surface area contributed by atoms with Crippen LogP contribution in [0.25, 0.3) is 0 Å². The fraction of sp³-hybridized carbons (Fsp3) is 0.962. The van der Waals surface area contributed by atoms with E-state index in [0.717, 1.165) is 70.6 Å². The minimum Gasteiger partial charge on any atom is -0.726 e. The van der Waals surface area contributed by atoms with Crippen molar-refractivity contribution in [1.29, 1.82) is 0 Å². The molecule has 0 N–H and O–H groups in total. The zero-order valence-electron chi connectivity index (χ0n) is 22.7. The van der Waals surface area contributed by atoms with Gasteiger partial charge in [0.05, 0.1) is 12.7 Å². The van der Waals surface area contributed by atoms with E-state index < -0.39 is 16.5 Å². The number of unbranched alkanes of at least 4 members (excludes halogenated alkanes) is 11. The number of hydrogen-bond donors (Lipinski definition) is 0. The van der Waals surface area contributed by atoms with Gasteiger partial charge in [0.1, 0.15) is 0 Å². The van der Waals surface area contributed by atoms with Gasteiger partial charge in [0.2, 0.25) is 10.4 Å². The summed E-state index contributed by atoms with van der Waals surface area (Å²) in [7, 11) is -4.65. The fourth-order valence-electron chi connectivity index (χ4n) is 4.09. The smallest absolute Gasteiger partial charge is 0.726 e. The van der Waals surface area contributed by atoms with Crippen molar-refractivity contribution in [3.05, 3.63) is 0 Å². The van der Waals surface area contributed by atoms with Gasteiger partial charge in [-0.15, -0.1) is 0 Å². The molecule has 0 radical (unpaired) electrons. The van der Waals surface area contributed by atoms with Crippen LogP contribution in [0.15, 0.2) is 0 Å². The summed E-state index contributed by atoms with van der Waals surface area (Å²) in [6.45, 7) is 7.06. The van der Waals surface area contributed by atoms with Crippen molar-refractivity contribution in [3.8, 4) is 0 Å². The zero-order chi connectivity index (χ0) is 24.8. The minimum absolute atomic E-state index is 0. The van der Waals surface area contributed by atoms with Crippen LogP contribution in [-0.4, -0.2) is 31.7 Å². The topological polar surface area (TPSA) is 92.7 Å². The van der Waals surface area contributed by atoms with Gasteiger partial charge in [0.25, 0.3) is 0 Å². The van der Waals surface area contributed by atoms with Crippen LogP contribution >= 0.6 is 0 Å². The second-order valence-corrected chi connectivity index (χ2v) is 10.5. The van der Waals surface area contributed by atoms with Crippen molar-refractivity contribution in [2.75, 3.05) is 6.61 Å². The second-order valence-electron chi connectivity index (χ2n) is 9.44. The van der Waals surface area contributed by atoms with E-state index >= 15 is 0 Å². The van der Waals surface area contributed by atoms with E-state index in [1.165, 1.54) is 32.1 Å². The molecule has 0 rings (SSSR count). The molecule has 198 valence electrons. The fourth-order valence-corrected chi connectivity index (χ4v) is 4.61. The van der Waals surface area contributed by atoms with Gasteiger partial charge in [-0.2, -0.15) is 0 Å². The van der Waals surface area contributed by atoms with Crippen LogP contribution in [-0.2, 0) is 24.1 Å². The molecule has 2 unspecified atom stereocenters. The van der Waals surface area contributed by atoms with Crippen molar-refractivity contribution < 1.29 is 56.2 Å². The average Bonchev–Trinajstić information content (AvgIpc) is 2.76. The summed E-state index contributed by atoms with van der Waals surface area (Å²) in [6.07, 6.45) is 18.3. The van der Waals surface area contributed by atoms with E-state index in [-0.39, 0.29) is 35.5 Å². The number of hydrogen-bond acceptors (Lipinski definition) is 6. The molecule has 0 amide bonds. The van der Waals surface area contributed by atoms with E-state index in [0.29, 0.717) is 31.8 Å². The quantitative estimate of drug-likeness (QED) is 0.0620. The van der Waals surface area contributed by atoms with Crippen molar-refractivity contribution >= 4 is 16.4 Å². The second kappa shape index (κ2) is 25.0. The third-order valence-corrected chi connectivity index (χ3v) is 6.82. The molecule has 0 saturated heterocycles. The molecule has 0 aromatic heterocycles. The third-order valence-electron chi connectivity index (χ3n) is 6.31. The Kier molecular flexibility index (Phi) is 26.8. The number of rotatable bonds is 24. The molecule has 0 aliphatic heterocycles. The SMILES string of the molecule is CCCCCCCCC(CCCCCCCCC(=O)OCC(CC)CCCC)OS(=O)(=O)[O-].[Na+]. The van der Waals surface area contributed by atoms with Gasteiger partial charge in [-0.1, -0.05) is 111 Å². The van der Waals surface area contributed by atoms with Gasteiger partial charge >= 0.3 is 35.5 Å². The molecule has 34 heavy (non-hydrogen) atoms. The van der Waals surface area contributed by atoms with E-state index in [1.807, 2.05) is 0 Å². The van der Waals surface area contributed by atoms with E-state index in [4.69, 9.17) is 8.92 Å². The molecule has 0 bridgehead atoms. The molecule has 0 spiro atoms. The summed E-state index contributed by atoms with van der Waals surface area (Å²) in [6, 6.07) is 0. The van der Waals surface area contributed by atoms with Gasteiger partial charge in [0, 0.05) is 6.42 Å². The average molecular weight is 515 g/mol. The van der Waals surface area contributed by atoms with Crippen LogP contribution in [0.3, 0.4) is 0 Å². The van der Waals surface area contributed by atoms with E-state index in [9.17, 15) is 17.8 Å². The predicted molar refractivity (Wildman–Crippen MR) is 134 cm³/mol. The Labute approximate surface area is 233 Å². The van der Waals surface area contributed by atoms with Crippen LogP contribution in [0.2, 0.25) is 0 Å². The maximum absolute atomic E-state index is 11.9. The van der Waals surface area contributed by atoms with Gasteiger partial charge in [-0.25, -0.2) is 8.42 Å². The normalized spacial score (nSPS) is 13.3. The first-order valence-electron chi connectivity index (χ1n) is 13.6. The van der Waals surface area contributed by atoms with Crippen LogP contribution in [0, 0.1) is 5.92 Å². The summed E-state index contributed by atoms with van der Waals surface area (Å²) in [5.74, 6) is 0.401. The van der Waals surface area contributed by atoms with Crippen LogP contribution in [0.5, 0.6) is 0 Å². The summed E-state index contributed by atoms with van der Waals surface area (Å²) in [5.41, 5.74) is 0. The minimum atomic E-state index is -4.65. The Morgan fingerprint density at radius 2 is 1.24 bits per heavy atom. The van der Waals surface area contributed by atoms with Gasteiger partial charge in [-0.3, -0.25) is 8.98 Å². The molecule has 0 saturated carbocycles. The summed E-state index contributed by atoms with van der Waals surface area (Å²) in [4.78, 5) is 11.9. The Hall–Kier alpha value is 0.340. The van der Waals surface area contributed by atoms with Gasteiger partial charge < -0.3 is 9.29 Å². The number of esters is 1. The molecule has 0 heterocycles. The number of ether oxygens (including phenoxy) is 1. The zero-order valence-corrected chi connectivity index (χ0v) is 25.5. The van der Waals surface area contributed by atoms with Crippen molar-refractivity contribution in [2.45, 2.75) is 149 Å². The largest absolute Gasteiger partial charge is 1.00 e. The third kappa shape index (κ3) is 25.4. The first-order chi connectivity index (χ1) is 15.8. The predicted octanol–water partition coefficient (Wildman–Crippen LogP) is 4.47. The van der Waals surface area contributed by atoms with E-state index in [2.05, 4.69) is 20.8 Å². The maximum atomic E-state index is 11.9. The first kappa shape index (κ1) is 36.5. The maximum Gasteiger partial charge on any atom is 1.00 e. The Bertz CT molecular complexity index is 555. The molecule has 6 nitrogen and oxygen atoms in total. The number of carbonyl (C=O) groups is 1. The number of carbonyl (C=O) groups excluding carboxylic acids is 1. The van der Waals surface area contributed by atoms with Crippen LogP contribution in [0.1, 0.15) is 143 Å². The van der Waals surface area contributed by atoms with Crippen molar-refractivity contribution in [3.63, 3.8) is 0 Å². The Balaban J connectivity index is 0. The van der Waals surface area contributed by atoms with Crippen molar-refractivity contribution in [1.82, 2.24) is 0 Å². The van der Waals surface area contributed by atoms with Gasteiger partial charge in [0.15, 0.2) is 0 Å². The molecular weight excluding hydrogens is 463 g/mol. The van der Waals surface area contributed by atoms with E-state index in [1.54, 1.807) is 0 Å². The molecule has 0 aliphatic carbocycles. The molecular formula is C26H51NaO6S. The molecule has 0 aromatic carbocycles. The summed E-state index contributed by atoms with van der Waals surface area (Å²) < 4.78 is 43.2.